The summed E-state index contributed by atoms with van der Waals surface area (Å²) in [6.07, 6.45) is 0. The highest BCUT2D eigenvalue weighted by Gasteiger charge is 2.11. The molecule has 0 saturated carbocycles. The van der Waals surface area contributed by atoms with Gasteiger partial charge in [0.1, 0.15) is 0 Å². The highest BCUT2D eigenvalue weighted by Crippen LogP contribution is 2.07. The molecule has 0 fully saturated rings. The second-order valence-electron chi connectivity index (χ2n) is 3.57. The number of amides is 1. The van der Waals surface area contributed by atoms with Crippen LogP contribution in [0.5, 0.6) is 0 Å². The summed E-state index contributed by atoms with van der Waals surface area (Å²) in [4.78, 5) is 10.5. The zero-order chi connectivity index (χ0) is 12.9. The van der Waals surface area contributed by atoms with Crippen molar-refractivity contribution < 1.29 is 13.2 Å². The van der Waals surface area contributed by atoms with Crippen molar-refractivity contribution in [3.63, 3.8) is 0 Å². The SMILES string of the molecule is NCc1ccc(CS(=O)(=O)NCC(N)=O)cc1. The molecule has 0 spiro atoms. The van der Waals surface area contributed by atoms with Gasteiger partial charge in [0.15, 0.2) is 0 Å². The lowest BCUT2D eigenvalue weighted by Crippen LogP contribution is -2.34. The number of nitrogens with two attached hydrogens (primary N) is 2. The molecule has 1 aromatic carbocycles. The fraction of sp³-hybridized carbons (Fsp3) is 0.300. The molecule has 0 aliphatic rings. The maximum absolute atomic E-state index is 11.5. The first-order valence-corrected chi connectivity index (χ1v) is 6.62. The lowest BCUT2D eigenvalue weighted by atomic mass is 10.1. The highest BCUT2D eigenvalue weighted by atomic mass is 32.2. The fourth-order valence-corrected chi connectivity index (χ4v) is 2.32. The van der Waals surface area contributed by atoms with Crippen LogP contribution in [-0.4, -0.2) is 20.9 Å². The number of primary amides is 1. The van der Waals surface area contributed by atoms with E-state index in [4.69, 9.17) is 11.5 Å². The van der Waals surface area contributed by atoms with E-state index < -0.39 is 15.9 Å². The van der Waals surface area contributed by atoms with Crippen LogP contribution in [0, 0.1) is 0 Å². The van der Waals surface area contributed by atoms with Crippen molar-refractivity contribution in [2.24, 2.45) is 11.5 Å². The quantitative estimate of drug-likeness (QED) is 0.609. The summed E-state index contributed by atoms with van der Waals surface area (Å²) in [6.45, 7) is 0.0240. The number of hydrogen-bond donors (Lipinski definition) is 3. The van der Waals surface area contributed by atoms with Crippen LogP contribution < -0.4 is 16.2 Å². The van der Waals surface area contributed by atoms with E-state index in [1.54, 1.807) is 24.3 Å². The van der Waals surface area contributed by atoms with E-state index in [2.05, 4.69) is 4.72 Å². The molecule has 0 radical (unpaired) electrons. The average molecular weight is 257 g/mol. The van der Waals surface area contributed by atoms with Gasteiger partial charge < -0.3 is 11.5 Å². The Morgan fingerprint density at radius 1 is 1.18 bits per heavy atom. The molecule has 1 rings (SSSR count). The van der Waals surface area contributed by atoms with E-state index in [0.29, 0.717) is 12.1 Å². The molecule has 5 N–H and O–H groups in total. The number of carbonyl (C=O) groups excluding carboxylic acids is 1. The molecular formula is C10H15N3O3S. The smallest absolute Gasteiger partial charge is 0.232 e. The number of carbonyl (C=O) groups is 1. The Bertz CT molecular complexity index is 482. The number of hydrogen-bond acceptors (Lipinski definition) is 4. The van der Waals surface area contributed by atoms with Gasteiger partial charge in [-0.15, -0.1) is 0 Å². The minimum Gasteiger partial charge on any atom is -0.369 e. The molecule has 0 aromatic heterocycles. The summed E-state index contributed by atoms with van der Waals surface area (Å²) in [5, 5.41) is 0. The molecule has 0 aliphatic carbocycles. The predicted octanol–water partition coefficient (Wildman–Crippen LogP) is -0.950. The number of nitrogens with one attached hydrogen (secondary N) is 1. The summed E-state index contributed by atoms with van der Waals surface area (Å²) in [5.74, 6) is -0.905. The van der Waals surface area contributed by atoms with Crippen molar-refractivity contribution >= 4 is 15.9 Å². The minimum absolute atomic E-state index is 0.189. The molecule has 0 saturated heterocycles. The number of rotatable bonds is 6. The van der Waals surface area contributed by atoms with Crippen molar-refractivity contribution in [1.82, 2.24) is 4.72 Å². The summed E-state index contributed by atoms with van der Waals surface area (Å²) in [5.41, 5.74) is 11.8. The second kappa shape index (κ2) is 5.76. The molecule has 0 aliphatic heterocycles. The van der Waals surface area contributed by atoms with Crippen molar-refractivity contribution in [2.75, 3.05) is 6.54 Å². The lowest BCUT2D eigenvalue weighted by Gasteiger charge is -2.05. The van der Waals surface area contributed by atoms with Gasteiger partial charge in [-0.3, -0.25) is 4.79 Å². The highest BCUT2D eigenvalue weighted by molar-refractivity contribution is 7.88. The number of benzene rings is 1. The molecular weight excluding hydrogens is 242 g/mol. The van der Waals surface area contributed by atoms with Gasteiger partial charge in [0.25, 0.3) is 0 Å². The largest absolute Gasteiger partial charge is 0.369 e. The molecule has 1 amide bonds. The van der Waals surface area contributed by atoms with E-state index in [-0.39, 0.29) is 12.3 Å². The van der Waals surface area contributed by atoms with Crippen LogP contribution in [0.2, 0.25) is 0 Å². The summed E-state index contributed by atoms with van der Waals surface area (Å²) < 4.78 is 25.1. The molecule has 6 nitrogen and oxygen atoms in total. The van der Waals surface area contributed by atoms with E-state index in [0.717, 1.165) is 5.56 Å². The van der Waals surface area contributed by atoms with Crippen molar-refractivity contribution in [1.29, 1.82) is 0 Å². The van der Waals surface area contributed by atoms with Crippen molar-refractivity contribution in [3.8, 4) is 0 Å². The van der Waals surface area contributed by atoms with Crippen LogP contribution in [0.1, 0.15) is 11.1 Å². The van der Waals surface area contributed by atoms with Crippen LogP contribution >= 0.6 is 0 Å². The van der Waals surface area contributed by atoms with Crippen LogP contribution in [0.3, 0.4) is 0 Å². The molecule has 0 heterocycles. The first kappa shape index (κ1) is 13.6. The maximum atomic E-state index is 11.5. The third-order valence-corrected chi connectivity index (χ3v) is 3.38. The van der Waals surface area contributed by atoms with Crippen LogP contribution in [-0.2, 0) is 27.1 Å². The third kappa shape index (κ3) is 4.94. The third-order valence-electron chi connectivity index (χ3n) is 2.08. The summed E-state index contributed by atoms with van der Waals surface area (Å²) in [7, 11) is -3.53. The molecule has 7 heteroatoms. The monoisotopic (exact) mass is 257 g/mol. The van der Waals surface area contributed by atoms with Gasteiger partial charge in [-0.25, -0.2) is 13.1 Å². The summed E-state index contributed by atoms with van der Waals surface area (Å²) >= 11 is 0. The maximum Gasteiger partial charge on any atom is 0.232 e. The van der Waals surface area contributed by atoms with Crippen molar-refractivity contribution in [2.45, 2.75) is 12.3 Å². The molecule has 1 aromatic rings. The molecule has 17 heavy (non-hydrogen) atoms. The van der Waals surface area contributed by atoms with Gasteiger partial charge in [-0.2, -0.15) is 0 Å². The number of sulfonamides is 1. The topological polar surface area (TPSA) is 115 Å². The molecule has 0 unspecified atom stereocenters. The second-order valence-corrected chi connectivity index (χ2v) is 5.37. The predicted molar refractivity (Wildman–Crippen MR) is 64.2 cm³/mol. The van der Waals surface area contributed by atoms with Gasteiger partial charge in [-0.05, 0) is 11.1 Å². The Morgan fingerprint density at radius 2 is 1.71 bits per heavy atom. The Morgan fingerprint density at radius 3 is 2.18 bits per heavy atom. The first-order valence-electron chi connectivity index (χ1n) is 4.96. The van der Waals surface area contributed by atoms with E-state index in [1.165, 1.54) is 0 Å². The van der Waals surface area contributed by atoms with Crippen LogP contribution in [0.25, 0.3) is 0 Å². The first-order chi connectivity index (χ1) is 7.93. The van der Waals surface area contributed by atoms with Crippen molar-refractivity contribution in [3.05, 3.63) is 35.4 Å². The van der Waals surface area contributed by atoms with Crippen LogP contribution in [0.15, 0.2) is 24.3 Å². The lowest BCUT2D eigenvalue weighted by molar-refractivity contribution is -0.116. The van der Waals surface area contributed by atoms with Gasteiger partial charge in [0.05, 0.1) is 12.3 Å². The molecule has 94 valence electrons. The van der Waals surface area contributed by atoms with Gasteiger partial charge in [0, 0.05) is 6.54 Å². The zero-order valence-electron chi connectivity index (χ0n) is 9.22. The minimum atomic E-state index is -3.53. The Hall–Kier alpha value is -1.44. The Kier molecular flexibility index (Phi) is 4.62. The van der Waals surface area contributed by atoms with E-state index in [9.17, 15) is 13.2 Å². The van der Waals surface area contributed by atoms with E-state index >= 15 is 0 Å². The molecule has 0 atom stereocenters. The van der Waals surface area contributed by atoms with Gasteiger partial charge in [0.2, 0.25) is 15.9 Å². The normalized spacial score (nSPS) is 11.4. The Labute approximate surface area is 100 Å². The average Bonchev–Trinajstić information content (AvgIpc) is 2.27. The van der Waals surface area contributed by atoms with Gasteiger partial charge >= 0.3 is 0 Å². The molecule has 0 bridgehead atoms. The van der Waals surface area contributed by atoms with Crippen LogP contribution in [0.4, 0.5) is 0 Å². The zero-order valence-corrected chi connectivity index (χ0v) is 10.0. The standard InChI is InChI=1S/C10H15N3O3S/c11-5-8-1-3-9(4-2-8)7-17(15,16)13-6-10(12)14/h1-4,13H,5-7,11H2,(H2,12,14). The Balaban J connectivity index is 2.66. The summed E-state index contributed by atoms with van der Waals surface area (Å²) in [6, 6.07) is 6.90. The fourth-order valence-electron chi connectivity index (χ4n) is 1.22. The van der Waals surface area contributed by atoms with Gasteiger partial charge in [-0.1, -0.05) is 24.3 Å². The van der Waals surface area contributed by atoms with E-state index in [1.807, 2.05) is 0 Å².